The highest BCUT2D eigenvalue weighted by atomic mass is 16.5. The maximum atomic E-state index is 12.1. The van der Waals surface area contributed by atoms with Crippen LogP contribution in [0.1, 0.15) is 23.1 Å². The Hall–Kier alpha value is -3.02. The van der Waals surface area contributed by atoms with Gasteiger partial charge in [-0.05, 0) is 48.1 Å². The van der Waals surface area contributed by atoms with Crippen LogP contribution >= 0.6 is 0 Å². The van der Waals surface area contributed by atoms with Crippen molar-refractivity contribution in [2.24, 2.45) is 0 Å². The molecule has 0 radical (unpaired) electrons. The molecule has 6 heteroatoms. The second-order valence-electron chi connectivity index (χ2n) is 7.15. The zero-order valence-corrected chi connectivity index (χ0v) is 16.3. The summed E-state index contributed by atoms with van der Waals surface area (Å²) >= 11 is 0. The van der Waals surface area contributed by atoms with E-state index in [0.717, 1.165) is 24.0 Å². The van der Waals surface area contributed by atoms with Crippen molar-refractivity contribution in [1.29, 1.82) is 0 Å². The van der Waals surface area contributed by atoms with Crippen molar-refractivity contribution in [2.45, 2.75) is 31.9 Å². The summed E-state index contributed by atoms with van der Waals surface area (Å²) in [7, 11) is 3.40. The smallest absolute Gasteiger partial charge is 0.407 e. The molecule has 1 N–H and O–H groups in total. The number of carbonyl (C=O) groups excluding carboxylic acids is 2. The van der Waals surface area contributed by atoms with E-state index in [1.807, 2.05) is 48.5 Å². The molecule has 0 fully saturated rings. The summed E-state index contributed by atoms with van der Waals surface area (Å²) in [5.74, 6) is 0.583. The van der Waals surface area contributed by atoms with Crippen molar-refractivity contribution >= 4 is 12.0 Å². The van der Waals surface area contributed by atoms with Crippen LogP contribution in [-0.2, 0) is 29.0 Å². The van der Waals surface area contributed by atoms with Gasteiger partial charge in [0.2, 0.25) is 0 Å². The lowest BCUT2D eigenvalue weighted by atomic mass is 9.88. The number of benzene rings is 2. The fourth-order valence-corrected chi connectivity index (χ4v) is 3.15. The molecule has 2 aromatic carbocycles. The molecule has 2 amide bonds. The van der Waals surface area contributed by atoms with Crippen LogP contribution in [0.2, 0.25) is 0 Å². The standard InChI is InChI=1S/C22H26N2O4/c1-24(2)21(25)15-27-20-11-9-17-8-10-19(12-18(17)13-20)23-22(26)28-14-16-6-4-3-5-7-16/h3-7,9,11,13,19H,8,10,12,14-15H2,1-2H3,(H,23,26)/t19-/m0/s1. The molecule has 1 aliphatic rings. The summed E-state index contributed by atoms with van der Waals surface area (Å²) in [4.78, 5) is 25.3. The van der Waals surface area contributed by atoms with Gasteiger partial charge < -0.3 is 19.7 Å². The van der Waals surface area contributed by atoms with E-state index < -0.39 is 6.09 Å². The predicted octanol–water partition coefficient (Wildman–Crippen LogP) is 2.94. The van der Waals surface area contributed by atoms with Gasteiger partial charge in [-0.1, -0.05) is 36.4 Å². The molecule has 1 atom stereocenters. The molecule has 0 saturated heterocycles. The quantitative estimate of drug-likeness (QED) is 0.834. The first kappa shape index (κ1) is 19.7. The zero-order valence-electron chi connectivity index (χ0n) is 16.3. The number of nitrogens with one attached hydrogen (secondary N) is 1. The Morgan fingerprint density at radius 1 is 1.11 bits per heavy atom. The average Bonchev–Trinajstić information content (AvgIpc) is 2.70. The zero-order chi connectivity index (χ0) is 19.9. The number of amides is 2. The second-order valence-corrected chi connectivity index (χ2v) is 7.15. The summed E-state index contributed by atoms with van der Waals surface area (Å²) in [6.07, 6.45) is 2.07. The Morgan fingerprint density at radius 2 is 1.89 bits per heavy atom. The molecule has 0 heterocycles. The number of hydrogen-bond donors (Lipinski definition) is 1. The molecule has 0 spiro atoms. The Labute approximate surface area is 165 Å². The van der Waals surface area contributed by atoms with Crippen molar-refractivity contribution in [3.63, 3.8) is 0 Å². The Morgan fingerprint density at radius 3 is 2.64 bits per heavy atom. The number of ether oxygens (including phenoxy) is 2. The van der Waals surface area contributed by atoms with Gasteiger partial charge in [-0.2, -0.15) is 0 Å². The van der Waals surface area contributed by atoms with Crippen molar-refractivity contribution in [1.82, 2.24) is 10.2 Å². The first-order valence-corrected chi connectivity index (χ1v) is 9.43. The third-order valence-corrected chi connectivity index (χ3v) is 4.80. The molecule has 0 bridgehead atoms. The minimum Gasteiger partial charge on any atom is -0.484 e. The molecule has 0 aliphatic heterocycles. The SMILES string of the molecule is CN(C)C(=O)COc1ccc2c(c1)C[C@@H](NC(=O)OCc1ccccc1)CC2. The van der Waals surface area contributed by atoms with E-state index >= 15 is 0 Å². The largest absolute Gasteiger partial charge is 0.484 e. The number of aryl methyl sites for hydroxylation is 1. The molecule has 0 saturated carbocycles. The molecule has 148 valence electrons. The highest BCUT2D eigenvalue weighted by Gasteiger charge is 2.21. The number of hydrogen-bond acceptors (Lipinski definition) is 4. The minimum atomic E-state index is -0.402. The van der Waals surface area contributed by atoms with Gasteiger partial charge in [-0.15, -0.1) is 0 Å². The van der Waals surface area contributed by atoms with Gasteiger partial charge in [-0.3, -0.25) is 4.79 Å². The lowest BCUT2D eigenvalue weighted by molar-refractivity contribution is -0.130. The maximum Gasteiger partial charge on any atom is 0.407 e. The lowest BCUT2D eigenvalue weighted by Gasteiger charge is -2.25. The number of rotatable bonds is 6. The van der Waals surface area contributed by atoms with Gasteiger partial charge in [-0.25, -0.2) is 4.79 Å². The molecule has 28 heavy (non-hydrogen) atoms. The van der Waals surface area contributed by atoms with E-state index in [4.69, 9.17) is 9.47 Å². The van der Waals surface area contributed by atoms with Crippen LogP contribution in [0.25, 0.3) is 0 Å². The van der Waals surface area contributed by atoms with E-state index in [1.54, 1.807) is 14.1 Å². The van der Waals surface area contributed by atoms with E-state index in [0.29, 0.717) is 12.2 Å². The molecule has 0 unspecified atom stereocenters. The van der Waals surface area contributed by atoms with Gasteiger partial charge in [0, 0.05) is 20.1 Å². The number of carbonyl (C=O) groups is 2. The van der Waals surface area contributed by atoms with E-state index in [1.165, 1.54) is 10.5 Å². The third-order valence-electron chi connectivity index (χ3n) is 4.80. The molecular formula is C22H26N2O4. The number of nitrogens with zero attached hydrogens (tertiary/aromatic N) is 1. The van der Waals surface area contributed by atoms with Crippen molar-refractivity contribution < 1.29 is 19.1 Å². The maximum absolute atomic E-state index is 12.1. The molecular weight excluding hydrogens is 356 g/mol. The number of fused-ring (bicyclic) bond motifs is 1. The summed E-state index contributed by atoms with van der Waals surface area (Å²) in [5.41, 5.74) is 3.34. The lowest BCUT2D eigenvalue weighted by Crippen LogP contribution is -2.39. The van der Waals surface area contributed by atoms with E-state index in [2.05, 4.69) is 5.32 Å². The predicted molar refractivity (Wildman–Crippen MR) is 106 cm³/mol. The van der Waals surface area contributed by atoms with Gasteiger partial charge >= 0.3 is 6.09 Å². The molecule has 6 nitrogen and oxygen atoms in total. The molecule has 1 aliphatic carbocycles. The Kier molecular flexibility index (Phi) is 6.53. The summed E-state index contributed by atoms with van der Waals surface area (Å²) < 4.78 is 10.9. The van der Waals surface area contributed by atoms with Gasteiger partial charge in [0.1, 0.15) is 12.4 Å². The summed E-state index contributed by atoms with van der Waals surface area (Å²) in [6.45, 7) is 0.271. The van der Waals surface area contributed by atoms with Crippen molar-refractivity contribution in [2.75, 3.05) is 20.7 Å². The molecule has 3 rings (SSSR count). The Balaban J connectivity index is 1.52. The number of likely N-dealkylation sites (N-methyl/N-ethyl adjacent to an activating group) is 1. The fraction of sp³-hybridized carbons (Fsp3) is 0.364. The van der Waals surface area contributed by atoms with Crippen LogP contribution in [0.4, 0.5) is 4.79 Å². The topological polar surface area (TPSA) is 67.9 Å². The minimum absolute atomic E-state index is 0.0132. The molecule has 0 aromatic heterocycles. The highest BCUT2D eigenvalue weighted by Crippen LogP contribution is 2.26. The van der Waals surface area contributed by atoms with Crippen LogP contribution in [0, 0.1) is 0 Å². The fourth-order valence-electron chi connectivity index (χ4n) is 3.15. The van der Waals surface area contributed by atoms with Crippen LogP contribution in [0.15, 0.2) is 48.5 Å². The first-order chi connectivity index (χ1) is 13.5. The van der Waals surface area contributed by atoms with E-state index in [9.17, 15) is 9.59 Å². The van der Waals surface area contributed by atoms with Gasteiger partial charge in [0.05, 0.1) is 0 Å². The monoisotopic (exact) mass is 382 g/mol. The van der Waals surface area contributed by atoms with Crippen molar-refractivity contribution in [3.05, 3.63) is 65.2 Å². The summed E-state index contributed by atoms with van der Waals surface area (Å²) in [5, 5.41) is 2.95. The van der Waals surface area contributed by atoms with Crippen LogP contribution < -0.4 is 10.1 Å². The average molecular weight is 382 g/mol. The van der Waals surface area contributed by atoms with Gasteiger partial charge in [0.15, 0.2) is 6.61 Å². The van der Waals surface area contributed by atoms with E-state index in [-0.39, 0.29) is 25.2 Å². The first-order valence-electron chi connectivity index (χ1n) is 9.43. The highest BCUT2D eigenvalue weighted by molar-refractivity contribution is 5.77. The Bertz CT molecular complexity index is 821. The second kappa shape index (κ2) is 9.26. The normalized spacial score (nSPS) is 15.3. The van der Waals surface area contributed by atoms with Crippen LogP contribution in [0.3, 0.4) is 0 Å². The third kappa shape index (κ3) is 5.49. The van der Waals surface area contributed by atoms with Crippen molar-refractivity contribution in [3.8, 4) is 5.75 Å². The van der Waals surface area contributed by atoms with Crippen LogP contribution in [-0.4, -0.2) is 43.6 Å². The molecule has 2 aromatic rings. The van der Waals surface area contributed by atoms with Gasteiger partial charge in [0.25, 0.3) is 5.91 Å². The summed E-state index contributed by atoms with van der Waals surface area (Å²) in [6, 6.07) is 15.5. The van der Waals surface area contributed by atoms with Crippen LogP contribution in [0.5, 0.6) is 5.75 Å². The number of alkyl carbamates (subject to hydrolysis) is 1.